The maximum atomic E-state index is 6.14. The monoisotopic (exact) mass is 262 g/mol. The van der Waals surface area contributed by atoms with E-state index in [4.69, 9.17) is 10.5 Å². The Morgan fingerprint density at radius 3 is 2.32 bits per heavy atom. The van der Waals surface area contributed by atoms with Crippen LogP contribution in [0.4, 0.5) is 11.4 Å². The van der Waals surface area contributed by atoms with Crippen LogP contribution >= 0.6 is 0 Å². The van der Waals surface area contributed by atoms with Gasteiger partial charge in [-0.2, -0.15) is 0 Å². The van der Waals surface area contributed by atoms with Gasteiger partial charge in [-0.25, -0.2) is 0 Å². The van der Waals surface area contributed by atoms with Crippen molar-refractivity contribution < 1.29 is 4.74 Å². The standard InChI is InChI=1S/C16H26N2O/c1-4-16(5-2)8-10-18(11-9-16)15-7-6-13(19-3)12-14(15)17/h6-7,12H,4-5,8-11,17H2,1-3H3. The summed E-state index contributed by atoms with van der Waals surface area (Å²) in [5, 5.41) is 0. The minimum atomic E-state index is 0.553. The molecule has 1 heterocycles. The van der Waals surface area contributed by atoms with Gasteiger partial charge < -0.3 is 15.4 Å². The van der Waals surface area contributed by atoms with Crippen molar-refractivity contribution >= 4 is 11.4 Å². The van der Waals surface area contributed by atoms with Crippen LogP contribution in [0.2, 0.25) is 0 Å². The largest absolute Gasteiger partial charge is 0.497 e. The maximum Gasteiger partial charge on any atom is 0.121 e. The Morgan fingerprint density at radius 1 is 1.21 bits per heavy atom. The minimum Gasteiger partial charge on any atom is -0.497 e. The summed E-state index contributed by atoms with van der Waals surface area (Å²) in [6.45, 7) is 6.86. The van der Waals surface area contributed by atoms with Gasteiger partial charge in [0.15, 0.2) is 0 Å². The fraction of sp³-hybridized carbons (Fsp3) is 0.625. The first-order chi connectivity index (χ1) is 9.14. The first kappa shape index (κ1) is 14.0. The smallest absolute Gasteiger partial charge is 0.121 e. The molecule has 0 aliphatic carbocycles. The third-order valence-electron chi connectivity index (χ3n) is 4.90. The summed E-state index contributed by atoms with van der Waals surface area (Å²) in [5.74, 6) is 0.828. The van der Waals surface area contributed by atoms with Crippen LogP contribution in [0.15, 0.2) is 18.2 Å². The van der Waals surface area contributed by atoms with Crippen LogP contribution in [-0.2, 0) is 0 Å². The summed E-state index contributed by atoms with van der Waals surface area (Å²) in [6, 6.07) is 5.99. The molecule has 0 amide bonds. The first-order valence-corrected chi connectivity index (χ1v) is 7.32. The van der Waals surface area contributed by atoms with Crippen LogP contribution in [0, 0.1) is 5.41 Å². The summed E-state index contributed by atoms with van der Waals surface area (Å²) >= 11 is 0. The molecule has 0 saturated carbocycles. The van der Waals surface area contributed by atoms with E-state index in [1.807, 2.05) is 12.1 Å². The Bertz CT molecular complexity index is 417. The molecule has 0 radical (unpaired) electrons. The Hall–Kier alpha value is -1.38. The van der Waals surface area contributed by atoms with E-state index >= 15 is 0 Å². The predicted molar refractivity (Wildman–Crippen MR) is 81.9 cm³/mol. The molecule has 0 unspecified atom stereocenters. The first-order valence-electron chi connectivity index (χ1n) is 7.32. The van der Waals surface area contributed by atoms with E-state index in [0.29, 0.717) is 5.41 Å². The van der Waals surface area contributed by atoms with Crippen molar-refractivity contribution in [1.82, 2.24) is 0 Å². The molecule has 2 N–H and O–H groups in total. The SMILES string of the molecule is CCC1(CC)CCN(c2ccc(OC)cc2N)CC1. The number of nitrogen functional groups attached to an aromatic ring is 1. The van der Waals surface area contributed by atoms with Gasteiger partial charge in [-0.05, 0) is 30.4 Å². The highest BCUT2D eigenvalue weighted by atomic mass is 16.5. The molecule has 3 nitrogen and oxygen atoms in total. The molecule has 1 aliphatic rings. The van der Waals surface area contributed by atoms with Crippen LogP contribution in [0.3, 0.4) is 0 Å². The van der Waals surface area contributed by atoms with E-state index in [1.54, 1.807) is 7.11 Å². The van der Waals surface area contributed by atoms with Crippen molar-refractivity contribution in [2.75, 3.05) is 30.8 Å². The number of hydrogen-bond acceptors (Lipinski definition) is 3. The van der Waals surface area contributed by atoms with Crippen LogP contribution < -0.4 is 15.4 Å². The second-order valence-corrected chi connectivity index (χ2v) is 5.62. The van der Waals surface area contributed by atoms with E-state index in [0.717, 1.165) is 30.2 Å². The molecule has 19 heavy (non-hydrogen) atoms. The lowest BCUT2D eigenvalue weighted by Gasteiger charge is -2.42. The molecule has 1 aliphatic heterocycles. The molecule has 106 valence electrons. The third kappa shape index (κ3) is 2.80. The molecule has 0 spiro atoms. The number of rotatable bonds is 4. The van der Waals surface area contributed by atoms with Gasteiger partial charge >= 0.3 is 0 Å². The molecule has 0 aromatic heterocycles. The summed E-state index contributed by atoms with van der Waals surface area (Å²) in [6.07, 6.45) is 5.11. The number of nitrogens with two attached hydrogens (primary N) is 1. The Kier molecular flexibility index (Phi) is 4.23. The molecule has 1 aromatic carbocycles. The lowest BCUT2D eigenvalue weighted by Crippen LogP contribution is -2.39. The van der Waals surface area contributed by atoms with Crippen molar-refractivity contribution in [2.24, 2.45) is 5.41 Å². The molecule has 0 atom stereocenters. The second kappa shape index (κ2) is 5.72. The zero-order chi connectivity index (χ0) is 13.9. The van der Waals surface area contributed by atoms with E-state index in [2.05, 4.69) is 24.8 Å². The highest BCUT2D eigenvalue weighted by Gasteiger charge is 2.31. The zero-order valence-corrected chi connectivity index (χ0v) is 12.4. The molecule has 1 fully saturated rings. The van der Waals surface area contributed by atoms with E-state index < -0.39 is 0 Å². The lowest BCUT2D eigenvalue weighted by atomic mass is 9.74. The van der Waals surface area contributed by atoms with Crippen LogP contribution in [0.25, 0.3) is 0 Å². The van der Waals surface area contributed by atoms with Crippen molar-refractivity contribution in [2.45, 2.75) is 39.5 Å². The van der Waals surface area contributed by atoms with Gasteiger partial charge in [0.25, 0.3) is 0 Å². The van der Waals surface area contributed by atoms with Gasteiger partial charge in [0, 0.05) is 19.2 Å². The summed E-state index contributed by atoms with van der Waals surface area (Å²) in [5.41, 5.74) is 8.67. The van der Waals surface area contributed by atoms with E-state index in [9.17, 15) is 0 Å². The van der Waals surface area contributed by atoms with Gasteiger partial charge in [0.05, 0.1) is 18.5 Å². The average molecular weight is 262 g/mol. The van der Waals surface area contributed by atoms with Gasteiger partial charge in [-0.1, -0.05) is 26.7 Å². The zero-order valence-electron chi connectivity index (χ0n) is 12.4. The van der Waals surface area contributed by atoms with Crippen LogP contribution in [-0.4, -0.2) is 20.2 Å². The van der Waals surface area contributed by atoms with E-state index in [1.165, 1.54) is 25.7 Å². The summed E-state index contributed by atoms with van der Waals surface area (Å²) in [7, 11) is 1.67. The summed E-state index contributed by atoms with van der Waals surface area (Å²) < 4.78 is 5.21. The van der Waals surface area contributed by atoms with E-state index in [-0.39, 0.29) is 0 Å². The van der Waals surface area contributed by atoms with Crippen molar-refractivity contribution in [3.63, 3.8) is 0 Å². The number of piperidine rings is 1. The normalized spacial score (nSPS) is 18.4. The molecule has 3 heteroatoms. The lowest BCUT2D eigenvalue weighted by molar-refractivity contribution is 0.199. The third-order valence-corrected chi connectivity index (χ3v) is 4.90. The maximum absolute atomic E-state index is 6.14. The minimum absolute atomic E-state index is 0.553. The van der Waals surface area contributed by atoms with Crippen LogP contribution in [0.1, 0.15) is 39.5 Å². The molecular weight excluding hydrogens is 236 g/mol. The van der Waals surface area contributed by atoms with Crippen molar-refractivity contribution in [1.29, 1.82) is 0 Å². The van der Waals surface area contributed by atoms with Gasteiger partial charge in [-0.3, -0.25) is 0 Å². The number of ether oxygens (including phenoxy) is 1. The highest BCUT2D eigenvalue weighted by molar-refractivity contribution is 5.69. The topological polar surface area (TPSA) is 38.5 Å². The second-order valence-electron chi connectivity index (χ2n) is 5.62. The number of anilines is 2. The van der Waals surface area contributed by atoms with Crippen molar-refractivity contribution in [3.05, 3.63) is 18.2 Å². The molecule has 1 saturated heterocycles. The molecule has 2 rings (SSSR count). The van der Waals surface area contributed by atoms with Crippen LogP contribution in [0.5, 0.6) is 5.75 Å². The van der Waals surface area contributed by atoms with Gasteiger partial charge in [0.1, 0.15) is 5.75 Å². The number of benzene rings is 1. The van der Waals surface area contributed by atoms with Gasteiger partial charge in [-0.15, -0.1) is 0 Å². The predicted octanol–water partition coefficient (Wildman–Crippen LogP) is 3.68. The Morgan fingerprint density at radius 2 is 1.84 bits per heavy atom. The summed E-state index contributed by atoms with van der Waals surface area (Å²) in [4.78, 5) is 2.42. The molecule has 1 aromatic rings. The number of nitrogens with zero attached hydrogens (tertiary/aromatic N) is 1. The molecular formula is C16H26N2O. The fourth-order valence-corrected chi connectivity index (χ4v) is 3.13. The Labute approximate surface area is 116 Å². The van der Waals surface area contributed by atoms with Crippen molar-refractivity contribution in [3.8, 4) is 5.75 Å². The highest BCUT2D eigenvalue weighted by Crippen LogP contribution is 2.40. The molecule has 0 bridgehead atoms. The quantitative estimate of drug-likeness (QED) is 0.841. The number of methoxy groups -OCH3 is 1. The Balaban J connectivity index is 2.09. The number of hydrogen-bond donors (Lipinski definition) is 1. The van der Waals surface area contributed by atoms with Gasteiger partial charge in [0.2, 0.25) is 0 Å². The average Bonchev–Trinajstić information content (AvgIpc) is 2.47. The fourth-order valence-electron chi connectivity index (χ4n) is 3.13.